The van der Waals surface area contributed by atoms with Crippen LogP contribution in [-0.4, -0.2) is 67.5 Å². The topological polar surface area (TPSA) is 113 Å². The number of amides is 1. The predicted molar refractivity (Wildman–Crippen MR) is 106 cm³/mol. The molecule has 2 aliphatic rings. The van der Waals surface area contributed by atoms with Gasteiger partial charge in [0.05, 0.1) is 25.8 Å². The summed E-state index contributed by atoms with van der Waals surface area (Å²) in [5.74, 6) is -4.77. The molecule has 0 bridgehead atoms. The molecule has 3 aromatic heterocycles. The van der Waals surface area contributed by atoms with E-state index in [1.807, 2.05) is 6.07 Å². The maximum absolute atomic E-state index is 15.2. The zero-order valence-corrected chi connectivity index (χ0v) is 16.9. The lowest BCUT2D eigenvalue weighted by atomic mass is 9.91. The molecule has 0 radical (unpaired) electrons. The Morgan fingerprint density at radius 1 is 1.28 bits per heavy atom. The molecule has 5 rings (SSSR count). The van der Waals surface area contributed by atoms with Crippen molar-refractivity contribution < 1.29 is 18.3 Å². The van der Waals surface area contributed by atoms with Crippen molar-refractivity contribution in [3.63, 3.8) is 0 Å². The number of halogens is 2. The van der Waals surface area contributed by atoms with Gasteiger partial charge >= 0.3 is 0 Å². The first-order valence-corrected chi connectivity index (χ1v) is 10.0. The zero-order chi connectivity index (χ0) is 22.3. The standard InChI is InChI=1S/C20H18F2N8O2/c21-20(22)11-29(19-26-12-25-16-1-3-27-30(16)19)4-2-15(20)18(31)28-5-6-32-17-13(7-23)8-24-9-14(17)10-28/h1,3,8-9,12,15H,2,4-6,10-11H2. The highest BCUT2D eigenvalue weighted by Crippen LogP contribution is 2.37. The summed E-state index contributed by atoms with van der Waals surface area (Å²) in [6.07, 6.45) is 5.66. The van der Waals surface area contributed by atoms with Crippen LogP contribution >= 0.6 is 0 Å². The van der Waals surface area contributed by atoms with Gasteiger partial charge in [-0.3, -0.25) is 9.78 Å². The first-order chi connectivity index (χ1) is 15.5. The van der Waals surface area contributed by atoms with Gasteiger partial charge in [0.25, 0.3) is 5.92 Å². The van der Waals surface area contributed by atoms with Gasteiger partial charge in [0.1, 0.15) is 36.2 Å². The molecule has 1 unspecified atom stereocenters. The molecule has 164 valence electrons. The van der Waals surface area contributed by atoms with Gasteiger partial charge in [-0.05, 0) is 6.42 Å². The van der Waals surface area contributed by atoms with Crippen LogP contribution in [0, 0.1) is 17.2 Å². The molecule has 0 spiro atoms. The van der Waals surface area contributed by atoms with E-state index in [-0.39, 0.29) is 44.2 Å². The molecule has 1 atom stereocenters. The van der Waals surface area contributed by atoms with E-state index >= 15 is 8.78 Å². The van der Waals surface area contributed by atoms with Crippen molar-refractivity contribution in [3.8, 4) is 11.8 Å². The van der Waals surface area contributed by atoms with Gasteiger partial charge in [-0.25, -0.2) is 18.7 Å². The Kier molecular flexibility index (Phi) is 4.80. The van der Waals surface area contributed by atoms with Gasteiger partial charge in [0.2, 0.25) is 11.9 Å². The molecule has 10 nitrogen and oxygen atoms in total. The lowest BCUT2D eigenvalue weighted by molar-refractivity contribution is -0.152. The van der Waals surface area contributed by atoms with E-state index in [0.717, 1.165) is 0 Å². The molecule has 0 saturated carbocycles. The number of fused-ring (bicyclic) bond motifs is 2. The SMILES string of the molecule is N#Cc1cncc2c1OCCN(C(=O)C1CCN(c3ncnc4ccnn34)CC1(F)F)C2. The van der Waals surface area contributed by atoms with Crippen LogP contribution in [0.4, 0.5) is 14.7 Å². The monoisotopic (exact) mass is 440 g/mol. The fourth-order valence-electron chi connectivity index (χ4n) is 4.18. The first-order valence-electron chi connectivity index (χ1n) is 10.0. The molecule has 0 aromatic carbocycles. The number of nitrogens with zero attached hydrogens (tertiary/aromatic N) is 8. The molecular formula is C20H18F2N8O2. The summed E-state index contributed by atoms with van der Waals surface area (Å²) in [5.41, 5.74) is 1.29. The van der Waals surface area contributed by atoms with E-state index in [2.05, 4.69) is 20.1 Å². The summed E-state index contributed by atoms with van der Waals surface area (Å²) in [6, 6.07) is 3.66. The fourth-order valence-corrected chi connectivity index (χ4v) is 4.18. The van der Waals surface area contributed by atoms with Crippen LogP contribution < -0.4 is 9.64 Å². The second-order valence-electron chi connectivity index (χ2n) is 7.69. The number of carbonyl (C=O) groups is 1. The summed E-state index contributed by atoms with van der Waals surface area (Å²) in [4.78, 5) is 28.1. The number of carbonyl (C=O) groups excluding carboxylic acids is 1. The molecule has 1 amide bonds. The summed E-state index contributed by atoms with van der Waals surface area (Å²) in [7, 11) is 0. The smallest absolute Gasteiger partial charge is 0.276 e. The summed E-state index contributed by atoms with van der Waals surface area (Å²) in [5, 5.41) is 13.3. The van der Waals surface area contributed by atoms with E-state index in [0.29, 0.717) is 17.0 Å². The van der Waals surface area contributed by atoms with Crippen molar-refractivity contribution in [2.75, 3.05) is 31.1 Å². The molecule has 2 aliphatic heterocycles. The van der Waals surface area contributed by atoms with Gasteiger partial charge < -0.3 is 14.5 Å². The number of anilines is 1. The second kappa shape index (κ2) is 7.67. The number of aromatic nitrogens is 5. The van der Waals surface area contributed by atoms with E-state index < -0.39 is 24.3 Å². The van der Waals surface area contributed by atoms with Crippen LogP contribution in [0.3, 0.4) is 0 Å². The third-order valence-corrected chi connectivity index (χ3v) is 5.73. The van der Waals surface area contributed by atoms with Crippen LogP contribution in [0.15, 0.2) is 31.0 Å². The van der Waals surface area contributed by atoms with E-state index in [1.54, 1.807) is 6.07 Å². The molecule has 32 heavy (non-hydrogen) atoms. The van der Waals surface area contributed by atoms with Gasteiger partial charge in [0, 0.05) is 30.6 Å². The number of pyridine rings is 1. The highest BCUT2D eigenvalue weighted by Gasteiger charge is 2.50. The zero-order valence-electron chi connectivity index (χ0n) is 16.9. The van der Waals surface area contributed by atoms with Gasteiger partial charge in [0.15, 0.2) is 5.65 Å². The Bertz CT molecular complexity index is 1220. The number of hydrogen-bond donors (Lipinski definition) is 0. The van der Waals surface area contributed by atoms with E-state index in [4.69, 9.17) is 4.74 Å². The van der Waals surface area contributed by atoms with E-state index in [1.165, 1.54) is 39.2 Å². The van der Waals surface area contributed by atoms with Crippen LogP contribution in [0.5, 0.6) is 5.75 Å². The summed E-state index contributed by atoms with van der Waals surface area (Å²) >= 11 is 0. The fraction of sp³-hybridized carbons (Fsp3) is 0.400. The Morgan fingerprint density at radius 2 is 2.16 bits per heavy atom. The van der Waals surface area contributed by atoms with Gasteiger partial charge in [-0.1, -0.05) is 0 Å². The minimum Gasteiger partial charge on any atom is -0.490 e. The third kappa shape index (κ3) is 3.35. The molecule has 0 N–H and O–H groups in total. The molecule has 1 fully saturated rings. The number of hydrogen-bond acceptors (Lipinski definition) is 8. The van der Waals surface area contributed by atoms with Gasteiger partial charge in [-0.2, -0.15) is 14.9 Å². The van der Waals surface area contributed by atoms with Gasteiger partial charge in [-0.15, -0.1) is 0 Å². The number of rotatable bonds is 2. The average molecular weight is 440 g/mol. The largest absolute Gasteiger partial charge is 0.490 e. The second-order valence-corrected chi connectivity index (χ2v) is 7.69. The number of nitriles is 1. The molecule has 12 heteroatoms. The third-order valence-electron chi connectivity index (χ3n) is 5.73. The maximum Gasteiger partial charge on any atom is 0.276 e. The normalized spacial score (nSPS) is 20.2. The van der Waals surface area contributed by atoms with Crippen LogP contribution in [-0.2, 0) is 11.3 Å². The predicted octanol–water partition coefficient (Wildman–Crippen LogP) is 1.27. The number of piperidine rings is 1. The minimum absolute atomic E-state index is 0.0424. The lowest BCUT2D eigenvalue weighted by Crippen LogP contribution is -2.55. The highest BCUT2D eigenvalue weighted by atomic mass is 19.3. The Balaban J connectivity index is 1.36. The van der Waals surface area contributed by atoms with Crippen molar-refractivity contribution in [2.24, 2.45) is 5.92 Å². The van der Waals surface area contributed by atoms with Crippen molar-refractivity contribution in [1.82, 2.24) is 29.5 Å². The molecule has 1 saturated heterocycles. The molecule has 5 heterocycles. The summed E-state index contributed by atoms with van der Waals surface area (Å²) in [6.45, 7) is -0.114. The lowest BCUT2D eigenvalue weighted by Gasteiger charge is -2.39. The van der Waals surface area contributed by atoms with Crippen LogP contribution in [0.1, 0.15) is 17.5 Å². The summed E-state index contributed by atoms with van der Waals surface area (Å²) < 4.78 is 37.4. The average Bonchev–Trinajstić information content (AvgIpc) is 3.16. The van der Waals surface area contributed by atoms with Crippen molar-refractivity contribution in [2.45, 2.75) is 18.9 Å². The Hall–Kier alpha value is -3.88. The quantitative estimate of drug-likeness (QED) is 0.586. The minimum atomic E-state index is -3.28. The number of ether oxygens (including phenoxy) is 1. The van der Waals surface area contributed by atoms with Crippen molar-refractivity contribution >= 4 is 17.5 Å². The van der Waals surface area contributed by atoms with Crippen molar-refractivity contribution in [1.29, 1.82) is 5.26 Å². The van der Waals surface area contributed by atoms with Crippen LogP contribution in [0.2, 0.25) is 0 Å². The van der Waals surface area contributed by atoms with Crippen LogP contribution in [0.25, 0.3) is 5.65 Å². The Labute approximate surface area is 181 Å². The molecular weight excluding hydrogens is 422 g/mol. The number of alkyl halides is 2. The van der Waals surface area contributed by atoms with E-state index in [9.17, 15) is 10.1 Å². The Morgan fingerprint density at radius 3 is 2.97 bits per heavy atom. The first kappa shape index (κ1) is 20.0. The highest BCUT2D eigenvalue weighted by molar-refractivity contribution is 5.80. The molecule has 3 aromatic rings. The molecule has 0 aliphatic carbocycles. The van der Waals surface area contributed by atoms with Crippen molar-refractivity contribution in [3.05, 3.63) is 42.1 Å². The maximum atomic E-state index is 15.2.